The summed E-state index contributed by atoms with van der Waals surface area (Å²) in [5, 5.41) is 13.5. The summed E-state index contributed by atoms with van der Waals surface area (Å²) in [5.74, 6) is -2.09. The fourth-order valence-electron chi connectivity index (χ4n) is 1.72. The first-order valence-electron chi connectivity index (χ1n) is 5.71. The van der Waals surface area contributed by atoms with Crippen molar-refractivity contribution in [2.45, 2.75) is 6.92 Å². The molecule has 1 aromatic heterocycles. The number of hydrogen-bond acceptors (Lipinski definition) is 5. The van der Waals surface area contributed by atoms with Gasteiger partial charge in [-0.1, -0.05) is 0 Å². The first-order valence-corrected chi connectivity index (χ1v) is 6.79. The van der Waals surface area contributed by atoms with Gasteiger partial charge in [0.2, 0.25) is 5.82 Å². The number of anilines is 1. The Morgan fingerprint density at radius 3 is 2.57 bits per heavy atom. The van der Waals surface area contributed by atoms with Crippen molar-refractivity contribution in [3.8, 4) is 11.4 Å². The van der Waals surface area contributed by atoms with E-state index in [-0.39, 0.29) is 5.82 Å². The quantitative estimate of drug-likeness (QED) is 0.481. The Morgan fingerprint density at radius 1 is 1.33 bits per heavy atom. The van der Waals surface area contributed by atoms with Crippen LogP contribution < -0.4 is 5.32 Å². The van der Waals surface area contributed by atoms with Gasteiger partial charge in [0.15, 0.2) is 5.82 Å². The summed E-state index contributed by atoms with van der Waals surface area (Å²) < 4.78 is 28.7. The fourth-order valence-corrected chi connectivity index (χ4v) is 2.24. The third-order valence-corrected chi connectivity index (χ3v) is 4.04. The first kappa shape index (κ1) is 15.5. The number of benzene rings is 1. The number of nitrogens with one attached hydrogen (secondary N) is 1. The van der Waals surface area contributed by atoms with Gasteiger partial charge in [0.1, 0.15) is 11.6 Å². The van der Waals surface area contributed by atoms with Gasteiger partial charge in [-0.3, -0.25) is 10.1 Å². The minimum absolute atomic E-state index is 0.240. The summed E-state index contributed by atoms with van der Waals surface area (Å²) in [4.78, 5) is 17.9. The van der Waals surface area contributed by atoms with Crippen molar-refractivity contribution in [2.75, 3.05) is 12.4 Å². The molecule has 0 unspecified atom stereocenters. The third-order valence-electron chi connectivity index (χ3n) is 2.74. The van der Waals surface area contributed by atoms with Gasteiger partial charge in [0.25, 0.3) is 0 Å². The average Bonchev–Trinajstić information content (AvgIpc) is 2.42. The van der Waals surface area contributed by atoms with Crippen LogP contribution in [-0.2, 0) is 0 Å². The summed E-state index contributed by atoms with van der Waals surface area (Å²) in [7, 11) is 1.61. The van der Waals surface area contributed by atoms with Crippen LogP contribution in [0.1, 0.15) is 5.69 Å². The van der Waals surface area contributed by atoms with Gasteiger partial charge in [-0.25, -0.2) is 14.4 Å². The van der Waals surface area contributed by atoms with Crippen molar-refractivity contribution in [3.63, 3.8) is 0 Å². The Labute approximate surface area is 131 Å². The number of aromatic nitrogens is 2. The largest absolute Gasteiger partial charge is 0.372 e. The maximum absolute atomic E-state index is 14.2. The molecule has 0 saturated carbocycles. The van der Waals surface area contributed by atoms with E-state index in [1.54, 1.807) is 14.0 Å². The van der Waals surface area contributed by atoms with Crippen LogP contribution in [0.4, 0.5) is 20.3 Å². The van der Waals surface area contributed by atoms with Gasteiger partial charge in [-0.2, -0.15) is 4.39 Å². The molecule has 0 spiro atoms. The molecule has 21 heavy (non-hydrogen) atoms. The van der Waals surface area contributed by atoms with E-state index >= 15 is 0 Å². The molecule has 1 N–H and O–H groups in total. The maximum atomic E-state index is 14.2. The molecule has 0 fully saturated rings. The van der Waals surface area contributed by atoms with E-state index in [9.17, 15) is 18.9 Å². The van der Waals surface area contributed by atoms with Crippen LogP contribution in [0.15, 0.2) is 12.1 Å². The second-order valence-electron chi connectivity index (χ2n) is 4.06. The standard InChI is InChI=1S/C12H9F2IN4O2/c1-5-10(15)12(16-2)18-11(17-5)8-6(13)3-4-7(9(8)14)19(20)21/h3-4H,1-2H3,(H,16,17,18). The van der Waals surface area contributed by atoms with E-state index in [1.807, 2.05) is 22.6 Å². The summed E-state index contributed by atoms with van der Waals surface area (Å²) in [6, 6.07) is 1.60. The summed E-state index contributed by atoms with van der Waals surface area (Å²) in [6.45, 7) is 1.65. The van der Waals surface area contributed by atoms with Crippen molar-refractivity contribution >= 4 is 34.1 Å². The van der Waals surface area contributed by atoms with Crippen LogP contribution in [0.25, 0.3) is 11.4 Å². The lowest BCUT2D eigenvalue weighted by atomic mass is 10.1. The molecule has 0 atom stereocenters. The second-order valence-corrected chi connectivity index (χ2v) is 5.14. The van der Waals surface area contributed by atoms with E-state index in [1.165, 1.54) is 0 Å². The van der Waals surface area contributed by atoms with Gasteiger partial charge < -0.3 is 5.32 Å². The fraction of sp³-hybridized carbons (Fsp3) is 0.167. The highest BCUT2D eigenvalue weighted by molar-refractivity contribution is 14.1. The molecule has 1 aromatic carbocycles. The lowest BCUT2D eigenvalue weighted by Gasteiger charge is -2.10. The number of nitro benzene ring substituents is 1. The number of halogens is 3. The highest BCUT2D eigenvalue weighted by Crippen LogP contribution is 2.31. The van der Waals surface area contributed by atoms with Gasteiger partial charge in [-0.05, 0) is 35.6 Å². The predicted octanol–water partition coefficient (Wildman–Crippen LogP) is 3.28. The van der Waals surface area contributed by atoms with E-state index in [4.69, 9.17) is 0 Å². The van der Waals surface area contributed by atoms with Crippen molar-refractivity contribution in [2.24, 2.45) is 0 Å². The zero-order chi connectivity index (χ0) is 15.7. The van der Waals surface area contributed by atoms with Crippen LogP contribution in [-0.4, -0.2) is 21.9 Å². The molecule has 2 aromatic rings. The molecule has 0 radical (unpaired) electrons. The van der Waals surface area contributed by atoms with Crippen LogP contribution in [0.2, 0.25) is 0 Å². The normalized spacial score (nSPS) is 10.5. The van der Waals surface area contributed by atoms with Crippen molar-refractivity contribution in [1.29, 1.82) is 0 Å². The molecular weight excluding hydrogens is 397 g/mol. The molecule has 110 valence electrons. The molecule has 6 nitrogen and oxygen atoms in total. The molecule has 2 rings (SSSR count). The number of hydrogen-bond donors (Lipinski definition) is 1. The van der Waals surface area contributed by atoms with Crippen molar-refractivity contribution in [1.82, 2.24) is 9.97 Å². The lowest BCUT2D eigenvalue weighted by molar-refractivity contribution is -0.387. The molecule has 0 aliphatic heterocycles. The van der Waals surface area contributed by atoms with Crippen molar-refractivity contribution < 1.29 is 13.7 Å². The first-order chi connectivity index (χ1) is 9.86. The SMILES string of the molecule is CNc1nc(-c2c(F)ccc([N+](=O)[O-])c2F)nc(C)c1I. The highest BCUT2D eigenvalue weighted by atomic mass is 127. The third kappa shape index (κ3) is 2.77. The molecule has 0 aliphatic rings. The topological polar surface area (TPSA) is 81.0 Å². The van der Waals surface area contributed by atoms with Gasteiger partial charge >= 0.3 is 5.69 Å². The Hall–Kier alpha value is -1.91. The molecule has 0 bridgehead atoms. The molecule has 0 amide bonds. The van der Waals surface area contributed by atoms with Crippen molar-refractivity contribution in [3.05, 3.63) is 43.1 Å². The number of rotatable bonds is 3. The van der Waals surface area contributed by atoms with Crippen LogP contribution >= 0.6 is 22.6 Å². The van der Waals surface area contributed by atoms with Crippen LogP contribution in [0, 0.1) is 32.2 Å². The Kier molecular flexibility index (Phi) is 4.30. The van der Waals surface area contributed by atoms with Gasteiger partial charge in [0.05, 0.1) is 19.8 Å². The zero-order valence-corrected chi connectivity index (χ0v) is 13.1. The lowest BCUT2D eigenvalue weighted by Crippen LogP contribution is -2.06. The molecule has 0 saturated heterocycles. The summed E-state index contributed by atoms with van der Waals surface area (Å²) >= 11 is 1.99. The average molecular weight is 406 g/mol. The summed E-state index contributed by atoms with van der Waals surface area (Å²) in [6.07, 6.45) is 0. The molecule has 1 heterocycles. The van der Waals surface area contributed by atoms with Crippen LogP contribution in [0.5, 0.6) is 0 Å². The molecule has 9 heteroatoms. The van der Waals surface area contributed by atoms with Gasteiger partial charge in [-0.15, -0.1) is 0 Å². The Morgan fingerprint density at radius 2 is 2.00 bits per heavy atom. The van der Waals surface area contributed by atoms with E-state index in [2.05, 4.69) is 15.3 Å². The highest BCUT2D eigenvalue weighted by Gasteiger charge is 2.25. The van der Waals surface area contributed by atoms with E-state index in [0.717, 1.165) is 12.1 Å². The Bertz CT molecular complexity index is 740. The smallest absolute Gasteiger partial charge is 0.305 e. The summed E-state index contributed by atoms with van der Waals surface area (Å²) in [5.41, 5.74) is -0.923. The molecule has 0 aliphatic carbocycles. The predicted molar refractivity (Wildman–Crippen MR) is 81.0 cm³/mol. The van der Waals surface area contributed by atoms with Crippen LogP contribution in [0.3, 0.4) is 0 Å². The monoisotopic (exact) mass is 406 g/mol. The minimum atomic E-state index is -1.29. The van der Waals surface area contributed by atoms with E-state index < -0.39 is 27.8 Å². The maximum Gasteiger partial charge on any atom is 0.305 e. The molecular formula is C12H9F2IN4O2. The zero-order valence-electron chi connectivity index (χ0n) is 10.9. The number of nitrogens with zero attached hydrogens (tertiary/aromatic N) is 3. The minimum Gasteiger partial charge on any atom is -0.372 e. The number of aryl methyl sites for hydroxylation is 1. The van der Waals surface area contributed by atoms with E-state index in [0.29, 0.717) is 15.1 Å². The second kappa shape index (κ2) is 5.84. The number of nitro groups is 1. The Balaban J connectivity index is 2.75. The van der Waals surface area contributed by atoms with Gasteiger partial charge in [0, 0.05) is 13.1 Å².